The Morgan fingerprint density at radius 3 is 2.94 bits per heavy atom. The first-order valence-corrected chi connectivity index (χ1v) is 5.20. The first-order chi connectivity index (χ1) is 7.61. The molecule has 2 N–H and O–H groups in total. The van der Waals surface area contributed by atoms with E-state index in [1.54, 1.807) is 24.3 Å². The highest BCUT2D eigenvalue weighted by Crippen LogP contribution is 2.17. The molecule has 0 aliphatic heterocycles. The van der Waals surface area contributed by atoms with E-state index in [4.69, 9.17) is 22.1 Å². The molecule has 1 aromatic carbocycles. The number of carbonyl (C=O) groups is 1. The van der Waals surface area contributed by atoms with Gasteiger partial charge in [0.15, 0.2) is 0 Å². The summed E-state index contributed by atoms with van der Waals surface area (Å²) in [6.07, 6.45) is 0.136. The Morgan fingerprint density at radius 2 is 2.31 bits per heavy atom. The van der Waals surface area contributed by atoms with Crippen LogP contribution in [0.15, 0.2) is 24.3 Å². The van der Waals surface area contributed by atoms with Crippen molar-refractivity contribution in [2.24, 2.45) is 5.73 Å². The van der Waals surface area contributed by atoms with Crippen LogP contribution in [-0.4, -0.2) is 25.7 Å². The number of halogens is 1. The first-order valence-electron chi connectivity index (χ1n) is 4.82. The van der Waals surface area contributed by atoms with Crippen LogP contribution < -0.4 is 10.5 Å². The van der Waals surface area contributed by atoms with Crippen molar-refractivity contribution in [2.75, 3.05) is 13.7 Å². The molecule has 0 aromatic heterocycles. The third-order valence-corrected chi connectivity index (χ3v) is 2.15. The second-order valence-electron chi connectivity index (χ2n) is 3.31. The quantitative estimate of drug-likeness (QED) is 0.799. The van der Waals surface area contributed by atoms with Crippen LogP contribution in [0.2, 0.25) is 5.02 Å². The van der Waals surface area contributed by atoms with Crippen molar-refractivity contribution >= 4 is 17.6 Å². The summed E-state index contributed by atoms with van der Waals surface area (Å²) in [7, 11) is 1.33. The minimum atomic E-state index is -0.383. The van der Waals surface area contributed by atoms with Crippen LogP contribution in [0, 0.1) is 0 Å². The maximum absolute atomic E-state index is 10.9. The van der Waals surface area contributed by atoms with Gasteiger partial charge in [0, 0.05) is 11.1 Å². The van der Waals surface area contributed by atoms with Gasteiger partial charge in [-0.25, -0.2) is 0 Å². The average molecular weight is 244 g/mol. The fraction of sp³-hybridized carbons (Fsp3) is 0.364. The number of ether oxygens (including phenoxy) is 2. The average Bonchev–Trinajstić information content (AvgIpc) is 2.26. The summed E-state index contributed by atoms with van der Waals surface area (Å²) in [6.45, 7) is 0.245. The Balaban J connectivity index is 2.37. The number of hydrogen-bond acceptors (Lipinski definition) is 4. The Labute approximate surface area is 99.3 Å². The molecule has 0 aliphatic carbocycles. The Kier molecular flexibility index (Phi) is 5.08. The normalized spacial score (nSPS) is 11.9. The fourth-order valence-corrected chi connectivity index (χ4v) is 1.30. The van der Waals surface area contributed by atoms with Gasteiger partial charge in [-0.15, -0.1) is 0 Å². The molecule has 1 rings (SSSR count). The molecule has 16 heavy (non-hydrogen) atoms. The molecule has 0 aliphatic rings. The standard InChI is InChI=1S/C11H14ClNO3/c1-15-11(14)6-9(13)7-16-10-4-2-3-8(12)5-10/h2-5,9H,6-7,13H2,1H3. The molecule has 0 amide bonds. The SMILES string of the molecule is COC(=O)CC(N)COc1cccc(Cl)c1. The van der Waals surface area contributed by atoms with Crippen molar-refractivity contribution in [1.82, 2.24) is 0 Å². The molecular formula is C11H14ClNO3. The molecule has 88 valence electrons. The molecule has 0 fully saturated rings. The summed E-state index contributed by atoms with van der Waals surface area (Å²) in [5.41, 5.74) is 5.68. The molecule has 5 heteroatoms. The predicted octanol–water partition coefficient (Wildman–Crippen LogP) is 1.61. The summed E-state index contributed by atoms with van der Waals surface area (Å²) in [4.78, 5) is 10.9. The van der Waals surface area contributed by atoms with E-state index >= 15 is 0 Å². The van der Waals surface area contributed by atoms with Gasteiger partial charge < -0.3 is 15.2 Å². The lowest BCUT2D eigenvalue weighted by atomic mass is 10.2. The van der Waals surface area contributed by atoms with E-state index in [1.807, 2.05) is 0 Å². The lowest BCUT2D eigenvalue weighted by Crippen LogP contribution is -2.30. The van der Waals surface area contributed by atoms with Gasteiger partial charge in [0.2, 0.25) is 0 Å². The van der Waals surface area contributed by atoms with E-state index in [0.29, 0.717) is 10.8 Å². The number of nitrogens with two attached hydrogens (primary N) is 1. The van der Waals surface area contributed by atoms with E-state index in [1.165, 1.54) is 7.11 Å². The van der Waals surface area contributed by atoms with Gasteiger partial charge in [-0.3, -0.25) is 4.79 Å². The number of methoxy groups -OCH3 is 1. The van der Waals surface area contributed by atoms with Crippen LogP contribution in [-0.2, 0) is 9.53 Å². The third kappa shape index (κ3) is 4.51. The summed E-state index contributed by atoms with van der Waals surface area (Å²) >= 11 is 5.78. The van der Waals surface area contributed by atoms with Gasteiger partial charge in [0.1, 0.15) is 12.4 Å². The van der Waals surface area contributed by atoms with E-state index in [-0.39, 0.29) is 25.0 Å². The first kappa shape index (κ1) is 12.8. The molecule has 0 heterocycles. The minimum Gasteiger partial charge on any atom is -0.492 e. The number of hydrogen-bond donors (Lipinski definition) is 1. The Hall–Kier alpha value is -1.26. The maximum Gasteiger partial charge on any atom is 0.307 e. The van der Waals surface area contributed by atoms with Crippen LogP contribution in [0.3, 0.4) is 0 Å². The van der Waals surface area contributed by atoms with Crippen molar-refractivity contribution in [1.29, 1.82) is 0 Å². The van der Waals surface area contributed by atoms with Gasteiger partial charge in [-0.2, -0.15) is 0 Å². The molecule has 1 unspecified atom stereocenters. The minimum absolute atomic E-state index is 0.136. The molecule has 1 atom stereocenters. The van der Waals surface area contributed by atoms with Crippen molar-refractivity contribution in [3.63, 3.8) is 0 Å². The molecule has 4 nitrogen and oxygen atoms in total. The second-order valence-corrected chi connectivity index (χ2v) is 3.75. The topological polar surface area (TPSA) is 61.5 Å². The number of rotatable bonds is 5. The largest absolute Gasteiger partial charge is 0.492 e. The molecule has 0 saturated carbocycles. The number of benzene rings is 1. The molecule has 1 aromatic rings. The van der Waals surface area contributed by atoms with Gasteiger partial charge in [0.05, 0.1) is 13.5 Å². The van der Waals surface area contributed by atoms with Crippen molar-refractivity contribution in [2.45, 2.75) is 12.5 Å². The van der Waals surface area contributed by atoms with Crippen molar-refractivity contribution < 1.29 is 14.3 Å². The van der Waals surface area contributed by atoms with Crippen LogP contribution in [0.1, 0.15) is 6.42 Å². The summed E-state index contributed by atoms with van der Waals surface area (Å²) < 4.78 is 9.87. The zero-order valence-corrected chi connectivity index (χ0v) is 9.74. The lowest BCUT2D eigenvalue weighted by molar-refractivity contribution is -0.141. The van der Waals surface area contributed by atoms with Gasteiger partial charge in [-0.1, -0.05) is 17.7 Å². The van der Waals surface area contributed by atoms with E-state index in [9.17, 15) is 4.79 Å². The number of carbonyl (C=O) groups excluding carboxylic acids is 1. The van der Waals surface area contributed by atoms with Crippen LogP contribution in [0.5, 0.6) is 5.75 Å². The van der Waals surface area contributed by atoms with Crippen LogP contribution >= 0.6 is 11.6 Å². The Morgan fingerprint density at radius 1 is 1.56 bits per heavy atom. The highest BCUT2D eigenvalue weighted by Gasteiger charge is 2.10. The molecule has 0 spiro atoms. The van der Waals surface area contributed by atoms with Gasteiger partial charge in [-0.05, 0) is 18.2 Å². The third-order valence-electron chi connectivity index (χ3n) is 1.92. The van der Waals surface area contributed by atoms with Crippen molar-refractivity contribution in [3.05, 3.63) is 29.3 Å². The Bertz CT molecular complexity index is 357. The number of esters is 1. The van der Waals surface area contributed by atoms with Crippen LogP contribution in [0.4, 0.5) is 0 Å². The second kappa shape index (κ2) is 6.35. The summed E-state index contributed by atoms with van der Waals surface area (Å²) in [6, 6.07) is 6.61. The maximum atomic E-state index is 10.9. The highest BCUT2D eigenvalue weighted by molar-refractivity contribution is 6.30. The predicted molar refractivity (Wildman–Crippen MR) is 61.6 cm³/mol. The highest BCUT2D eigenvalue weighted by atomic mass is 35.5. The lowest BCUT2D eigenvalue weighted by Gasteiger charge is -2.12. The zero-order chi connectivity index (χ0) is 12.0. The molecule has 0 radical (unpaired) electrons. The van der Waals surface area contributed by atoms with Crippen molar-refractivity contribution in [3.8, 4) is 5.75 Å². The van der Waals surface area contributed by atoms with Gasteiger partial charge in [0.25, 0.3) is 0 Å². The van der Waals surface area contributed by atoms with E-state index in [2.05, 4.69) is 4.74 Å². The fourth-order valence-electron chi connectivity index (χ4n) is 1.12. The zero-order valence-electron chi connectivity index (χ0n) is 8.98. The van der Waals surface area contributed by atoms with E-state index < -0.39 is 0 Å². The molecule has 0 saturated heterocycles. The molecule has 0 bridgehead atoms. The monoisotopic (exact) mass is 243 g/mol. The summed E-state index contributed by atoms with van der Waals surface area (Å²) in [5.74, 6) is 0.287. The van der Waals surface area contributed by atoms with Crippen LogP contribution in [0.25, 0.3) is 0 Å². The van der Waals surface area contributed by atoms with E-state index in [0.717, 1.165) is 0 Å². The molecular weight excluding hydrogens is 230 g/mol. The summed E-state index contributed by atoms with van der Waals surface area (Å²) in [5, 5.41) is 0.596. The smallest absolute Gasteiger partial charge is 0.307 e. The van der Waals surface area contributed by atoms with Gasteiger partial charge >= 0.3 is 5.97 Å².